The SMILES string of the molecule is COn1c(=O)n2c3c(cccc31)CC[C@@H]2Nc1cccc(C)c1. The topological polar surface area (TPSA) is 48.2 Å². The molecule has 0 aliphatic carbocycles. The van der Waals surface area contributed by atoms with Gasteiger partial charge in [0.15, 0.2) is 0 Å². The molecule has 23 heavy (non-hydrogen) atoms. The fourth-order valence-electron chi connectivity index (χ4n) is 3.47. The van der Waals surface area contributed by atoms with Gasteiger partial charge in [-0.1, -0.05) is 24.3 Å². The highest BCUT2D eigenvalue weighted by Crippen LogP contribution is 2.30. The molecule has 0 bridgehead atoms. The molecule has 4 rings (SSSR count). The van der Waals surface area contributed by atoms with Crippen molar-refractivity contribution in [3.05, 3.63) is 64.1 Å². The number of hydrogen-bond donors (Lipinski definition) is 1. The molecule has 2 aromatic carbocycles. The van der Waals surface area contributed by atoms with Crippen molar-refractivity contribution in [1.29, 1.82) is 0 Å². The Kier molecular flexibility index (Phi) is 3.15. The zero-order valence-electron chi connectivity index (χ0n) is 13.2. The predicted molar refractivity (Wildman–Crippen MR) is 90.9 cm³/mol. The highest BCUT2D eigenvalue weighted by molar-refractivity contribution is 5.80. The van der Waals surface area contributed by atoms with Crippen LogP contribution >= 0.6 is 0 Å². The van der Waals surface area contributed by atoms with E-state index in [0.717, 1.165) is 29.6 Å². The fourth-order valence-corrected chi connectivity index (χ4v) is 3.47. The smallest absolute Gasteiger partial charge is 0.363 e. The third-order valence-electron chi connectivity index (χ3n) is 4.47. The van der Waals surface area contributed by atoms with E-state index in [1.165, 1.54) is 23.0 Å². The zero-order chi connectivity index (χ0) is 16.0. The van der Waals surface area contributed by atoms with E-state index in [9.17, 15) is 4.79 Å². The maximum absolute atomic E-state index is 12.8. The van der Waals surface area contributed by atoms with Crippen molar-refractivity contribution >= 4 is 16.7 Å². The molecule has 1 atom stereocenters. The maximum atomic E-state index is 12.8. The molecule has 118 valence electrons. The van der Waals surface area contributed by atoms with E-state index in [1.54, 1.807) is 0 Å². The monoisotopic (exact) mass is 309 g/mol. The van der Waals surface area contributed by atoms with Gasteiger partial charge in [-0.2, -0.15) is 0 Å². The van der Waals surface area contributed by atoms with Crippen LogP contribution in [0, 0.1) is 6.92 Å². The van der Waals surface area contributed by atoms with Crippen molar-refractivity contribution in [3.63, 3.8) is 0 Å². The third-order valence-corrected chi connectivity index (χ3v) is 4.47. The summed E-state index contributed by atoms with van der Waals surface area (Å²) in [5.41, 5.74) is 5.07. The fraction of sp³-hybridized carbons (Fsp3) is 0.278. The number of para-hydroxylation sites is 1. The summed E-state index contributed by atoms with van der Waals surface area (Å²) in [7, 11) is 1.53. The summed E-state index contributed by atoms with van der Waals surface area (Å²) in [5, 5.41) is 3.49. The minimum atomic E-state index is -0.139. The highest BCUT2D eigenvalue weighted by atomic mass is 16.7. The van der Waals surface area contributed by atoms with E-state index in [-0.39, 0.29) is 11.9 Å². The summed E-state index contributed by atoms with van der Waals surface area (Å²) in [5.74, 6) is 0. The number of aromatic nitrogens is 2. The van der Waals surface area contributed by atoms with Gasteiger partial charge in [-0.3, -0.25) is 4.57 Å². The lowest BCUT2D eigenvalue weighted by molar-refractivity contribution is 0.164. The van der Waals surface area contributed by atoms with Crippen molar-refractivity contribution in [1.82, 2.24) is 9.30 Å². The summed E-state index contributed by atoms with van der Waals surface area (Å²) in [6.07, 6.45) is 1.74. The van der Waals surface area contributed by atoms with Gasteiger partial charge in [0.2, 0.25) is 0 Å². The average molecular weight is 309 g/mol. The second kappa shape index (κ2) is 5.19. The quantitative estimate of drug-likeness (QED) is 0.809. The number of benzene rings is 2. The first-order chi connectivity index (χ1) is 11.2. The molecule has 1 aliphatic heterocycles. The Morgan fingerprint density at radius 3 is 2.83 bits per heavy atom. The van der Waals surface area contributed by atoms with E-state index in [1.807, 2.05) is 28.8 Å². The van der Waals surface area contributed by atoms with Crippen molar-refractivity contribution in [3.8, 4) is 0 Å². The molecular weight excluding hydrogens is 290 g/mol. The van der Waals surface area contributed by atoms with E-state index in [4.69, 9.17) is 4.84 Å². The lowest BCUT2D eigenvalue weighted by Gasteiger charge is -2.26. The number of nitrogens with zero attached hydrogens (tertiary/aromatic N) is 2. The predicted octanol–water partition coefficient (Wildman–Crippen LogP) is 2.73. The number of hydrogen-bond acceptors (Lipinski definition) is 3. The first-order valence-electron chi connectivity index (χ1n) is 7.81. The van der Waals surface area contributed by atoms with E-state index >= 15 is 0 Å². The summed E-state index contributed by atoms with van der Waals surface area (Å²) < 4.78 is 3.19. The molecule has 1 aliphatic rings. The van der Waals surface area contributed by atoms with Crippen LogP contribution in [0.5, 0.6) is 0 Å². The average Bonchev–Trinajstić information content (AvgIpc) is 2.84. The van der Waals surface area contributed by atoms with Crippen LogP contribution in [0.4, 0.5) is 5.69 Å². The van der Waals surface area contributed by atoms with Crippen LogP contribution in [0.15, 0.2) is 47.3 Å². The minimum Gasteiger partial charge on any atom is -0.412 e. The number of rotatable bonds is 3. The van der Waals surface area contributed by atoms with Gasteiger partial charge in [-0.05, 0) is 49.1 Å². The molecule has 1 N–H and O–H groups in total. The minimum absolute atomic E-state index is 0.0712. The van der Waals surface area contributed by atoms with E-state index in [2.05, 4.69) is 30.4 Å². The Hall–Kier alpha value is -2.69. The standard InChI is InChI=1S/C18H19N3O2/c1-12-5-3-7-14(11-12)19-16-10-9-13-6-4-8-15-17(13)20(16)18(22)21(15)23-2/h3-8,11,16,19H,9-10H2,1-2H3/t16-/m1/s1. The Morgan fingerprint density at radius 1 is 1.22 bits per heavy atom. The normalized spacial score (nSPS) is 16.5. The van der Waals surface area contributed by atoms with E-state index in [0.29, 0.717) is 0 Å². The summed E-state index contributed by atoms with van der Waals surface area (Å²) in [6, 6.07) is 14.2. The Labute approximate surface area is 134 Å². The van der Waals surface area contributed by atoms with Crippen LogP contribution in [-0.4, -0.2) is 16.4 Å². The Morgan fingerprint density at radius 2 is 2.04 bits per heavy atom. The number of aryl methyl sites for hydroxylation is 2. The second-order valence-electron chi connectivity index (χ2n) is 5.98. The lowest BCUT2D eigenvalue weighted by atomic mass is 10.0. The molecule has 0 saturated carbocycles. The van der Waals surface area contributed by atoms with Crippen molar-refractivity contribution in [2.24, 2.45) is 0 Å². The summed E-state index contributed by atoms with van der Waals surface area (Å²) >= 11 is 0. The van der Waals surface area contributed by atoms with Gasteiger partial charge in [-0.25, -0.2) is 4.79 Å². The number of anilines is 1. The van der Waals surface area contributed by atoms with Crippen LogP contribution in [0.3, 0.4) is 0 Å². The van der Waals surface area contributed by atoms with Gasteiger partial charge in [0.25, 0.3) is 0 Å². The number of imidazole rings is 1. The van der Waals surface area contributed by atoms with Gasteiger partial charge >= 0.3 is 5.69 Å². The van der Waals surface area contributed by atoms with Gasteiger partial charge < -0.3 is 10.2 Å². The molecule has 5 nitrogen and oxygen atoms in total. The van der Waals surface area contributed by atoms with Crippen LogP contribution in [0.1, 0.15) is 23.7 Å². The first-order valence-corrected chi connectivity index (χ1v) is 7.81. The molecule has 0 unspecified atom stereocenters. The largest absolute Gasteiger partial charge is 0.412 e. The van der Waals surface area contributed by atoms with Gasteiger partial charge in [-0.15, -0.1) is 4.73 Å². The van der Waals surface area contributed by atoms with Gasteiger partial charge in [0.1, 0.15) is 18.8 Å². The molecule has 2 heterocycles. The van der Waals surface area contributed by atoms with Crippen LogP contribution in [-0.2, 0) is 6.42 Å². The molecule has 0 amide bonds. The second-order valence-corrected chi connectivity index (χ2v) is 5.98. The Bertz CT molecular complexity index is 939. The summed E-state index contributed by atoms with van der Waals surface area (Å²) in [6.45, 7) is 2.06. The van der Waals surface area contributed by atoms with Crippen LogP contribution < -0.4 is 15.8 Å². The first kappa shape index (κ1) is 13.9. The lowest BCUT2D eigenvalue weighted by Crippen LogP contribution is -2.34. The molecule has 3 aromatic rings. The molecule has 0 radical (unpaired) electrons. The third kappa shape index (κ3) is 2.11. The molecule has 5 heteroatoms. The molecular formula is C18H19N3O2. The zero-order valence-corrected chi connectivity index (χ0v) is 13.2. The van der Waals surface area contributed by atoms with E-state index < -0.39 is 0 Å². The van der Waals surface area contributed by atoms with Crippen LogP contribution in [0.25, 0.3) is 11.0 Å². The maximum Gasteiger partial charge on any atom is 0.363 e. The molecule has 0 spiro atoms. The van der Waals surface area contributed by atoms with Gasteiger partial charge in [0.05, 0.1) is 5.52 Å². The molecule has 1 aromatic heterocycles. The molecule has 0 saturated heterocycles. The summed E-state index contributed by atoms with van der Waals surface area (Å²) in [4.78, 5) is 18.1. The van der Waals surface area contributed by atoms with Crippen molar-refractivity contribution < 1.29 is 4.84 Å². The molecule has 0 fully saturated rings. The van der Waals surface area contributed by atoms with Gasteiger partial charge in [0, 0.05) is 5.69 Å². The van der Waals surface area contributed by atoms with Crippen molar-refractivity contribution in [2.45, 2.75) is 25.9 Å². The highest BCUT2D eigenvalue weighted by Gasteiger charge is 2.26. The number of nitrogens with one attached hydrogen (secondary N) is 1. The van der Waals surface area contributed by atoms with Crippen molar-refractivity contribution in [2.75, 3.05) is 12.4 Å². The Balaban J connectivity index is 1.86. The van der Waals surface area contributed by atoms with Crippen LogP contribution in [0.2, 0.25) is 0 Å².